The number of hydrogen-bond donors (Lipinski definition) is 2. The molecule has 2 rings (SSSR count). The van der Waals surface area contributed by atoms with E-state index >= 15 is 0 Å². The highest BCUT2D eigenvalue weighted by atomic mass is 16.5. The first-order valence-electron chi connectivity index (χ1n) is 6.45. The van der Waals surface area contributed by atoms with Gasteiger partial charge in [0.05, 0.1) is 7.11 Å². The smallest absolute Gasteiger partial charge is 0.119 e. The molecule has 1 unspecified atom stereocenters. The highest BCUT2D eigenvalue weighted by molar-refractivity contribution is 5.29. The lowest BCUT2D eigenvalue weighted by Crippen LogP contribution is -2.38. The predicted molar refractivity (Wildman–Crippen MR) is 78.0 cm³/mol. The van der Waals surface area contributed by atoms with Gasteiger partial charge in [0.1, 0.15) is 5.75 Å². The molecule has 0 spiro atoms. The summed E-state index contributed by atoms with van der Waals surface area (Å²) in [5.74, 6) is 6.54. The van der Waals surface area contributed by atoms with Gasteiger partial charge in [-0.3, -0.25) is 11.3 Å². The summed E-state index contributed by atoms with van der Waals surface area (Å²) in [5.41, 5.74) is 5.40. The van der Waals surface area contributed by atoms with Crippen molar-refractivity contribution >= 4 is 0 Å². The molecule has 100 valence electrons. The molecule has 0 aliphatic rings. The molecule has 0 aromatic heterocycles. The number of benzene rings is 2. The van der Waals surface area contributed by atoms with E-state index in [1.807, 2.05) is 18.2 Å². The Hall–Kier alpha value is -1.84. The molecule has 0 saturated carbocycles. The van der Waals surface area contributed by atoms with Crippen molar-refractivity contribution < 1.29 is 4.74 Å². The Balaban J connectivity index is 2.02. The van der Waals surface area contributed by atoms with Crippen LogP contribution in [0.25, 0.3) is 0 Å². The first kappa shape index (κ1) is 13.6. The van der Waals surface area contributed by atoms with Gasteiger partial charge in [0.2, 0.25) is 0 Å². The van der Waals surface area contributed by atoms with E-state index in [1.165, 1.54) is 11.1 Å². The van der Waals surface area contributed by atoms with Crippen LogP contribution in [0.2, 0.25) is 0 Å². The van der Waals surface area contributed by atoms with Crippen LogP contribution in [0.4, 0.5) is 0 Å². The van der Waals surface area contributed by atoms with Crippen molar-refractivity contribution in [3.63, 3.8) is 0 Å². The molecule has 2 aromatic rings. The van der Waals surface area contributed by atoms with Gasteiger partial charge < -0.3 is 4.74 Å². The molecule has 3 heteroatoms. The standard InChI is InChI=1S/C16H20N2O/c1-19-16-9-5-8-14(12-16)11-15(18-17)10-13-6-3-2-4-7-13/h2-9,12,15,18H,10-11,17H2,1H3. The van der Waals surface area contributed by atoms with Crippen molar-refractivity contribution in [1.29, 1.82) is 0 Å². The van der Waals surface area contributed by atoms with Crippen LogP contribution in [-0.2, 0) is 12.8 Å². The minimum atomic E-state index is 0.217. The number of nitrogens with one attached hydrogen (secondary N) is 1. The molecule has 0 fully saturated rings. The van der Waals surface area contributed by atoms with Crippen molar-refractivity contribution in [1.82, 2.24) is 5.43 Å². The Morgan fingerprint density at radius 2 is 1.68 bits per heavy atom. The van der Waals surface area contributed by atoms with E-state index in [4.69, 9.17) is 10.6 Å². The quantitative estimate of drug-likeness (QED) is 0.616. The van der Waals surface area contributed by atoms with Crippen LogP contribution in [0.3, 0.4) is 0 Å². The summed E-state index contributed by atoms with van der Waals surface area (Å²) < 4.78 is 5.24. The first-order chi connectivity index (χ1) is 9.31. The van der Waals surface area contributed by atoms with E-state index in [9.17, 15) is 0 Å². The second-order valence-electron chi connectivity index (χ2n) is 4.61. The number of ether oxygens (including phenoxy) is 1. The van der Waals surface area contributed by atoms with Gasteiger partial charge in [-0.15, -0.1) is 0 Å². The van der Waals surface area contributed by atoms with Gasteiger partial charge in [-0.25, -0.2) is 0 Å². The molecule has 0 radical (unpaired) electrons. The third kappa shape index (κ3) is 4.09. The highest BCUT2D eigenvalue weighted by Gasteiger charge is 2.09. The molecular weight excluding hydrogens is 236 g/mol. The van der Waals surface area contributed by atoms with Crippen LogP contribution >= 0.6 is 0 Å². The van der Waals surface area contributed by atoms with Crippen LogP contribution < -0.4 is 16.0 Å². The zero-order valence-electron chi connectivity index (χ0n) is 11.2. The second-order valence-corrected chi connectivity index (χ2v) is 4.61. The maximum atomic E-state index is 5.66. The van der Waals surface area contributed by atoms with Crippen LogP contribution in [0.15, 0.2) is 54.6 Å². The van der Waals surface area contributed by atoms with Gasteiger partial charge >= 0.3 is 0 Å². The molecule has 3 nitrogen and oxygen atoms in total. The van der Waals surface area contributed by atoms with E-state index in [0.29, 0.717) is 0 Å². The molecule has 0 aliphatic carbocycles. The van der Waals surface area contributed by atoms with E-state index < -0.39 is 0 Å². The lowest BCUT2D eigenvalue weighted by atomic mass is 9.99. The molecule has 19 heavy (non-hydrogen) atoms. The molecule has 0 bridgehead atoms. The summed E-state index contributed by atoms with van der Waals surface area (Å²) in [5, 5.41) is 0. The average molecular weight is 256 g/mol. The topological polar surface area (TPSA) is 47.3 Å². The molecule has 0 amide bonds. The van der Waals surface area contributed by atoms with Crippen molar-refractivity contribution in [2.24, 2.45) is 5.84 Å². The van der Waals surface area contributed by atoms with E-state index in [0.717, 1.165) is 18.6 Å². The van der Waals surface area contributed by atoms with Crippen molar-refractivity contribution in [2.45, 2.75) is 18.9 Å². The Kier molecular flexibility index (Phi) is 4.95. The zero-order valence-corrected chi connectivity index (χ0v) is 11.2. The Morgan fingerprint density at radius 3 is 2.37 bits per heavy atom. The number of hydrogen-bond acceptors (Lipinski definition) is 3. The van der Waals surface area contributed by atoms with Crippen LogP contribution in [-0.4, -0.2) is 13.2 Å². The van der Waals surface area contributed by atoms with Gasteiger partial charge in [-0.05, 0) is 36.1 Å². The van der Waals surface area contributed by atoms with Crippen molar-refractivity contribution in [2.75, 3.05) is 7.11 Å². The largest absolute Gasteiger partial charge is 0.497 e. The van der Waals surface area contributed by atoms with E-state index in [2.05, 4.69) is 41.8 Å². The van der Waals surface area contributed by atoms with Crippen LogP contribution in [0.1, 0.15) is 11.1 Å². The normalized spacial score (nSPS) is 12.1. The summed E-state index contributed by atoms with van der Waals surface area (Å²) in [7, 11) is 1.68. The average Bonchev–Trinajstić information content (AvgIpc) is 2.48. The Bertz CT molecular complexity index is 499. The molecule has 0 saturated heterocycles. The van der Waals surface area contributed by atoms with Gasteiger partial charge in [-0.2, -0.15) is 0 Å². The number of methoxy groups -OCH3 is 1. The molecule has 2 aromatic carbocycles. The maximum absolute atomic E-state index is 5.66. The molecule has 0 aliphatic heterocycles. The molecule has 1 atom stereocenters. The van der Waals surface area contributed by atoms with Gasteiger partial charge in [0.25, 0.3) is 0 Å². The van der Waals surface area contributed by atoms with E-state index in [-0.39, 0.29) is 6.04 Å². The Morgan fingerprint density at radius 1 is 1.00 bits per heavy atom. The minimum absolute atomic E-state index is 0.217. The summed E-state index contributed by atoms with van der Waals surface area (Å²) in [6.45, 7) is 0. The van der Waals surface area contributed by atoms with Crippen LogP contribution in [0, 0.1) is 0 Å². The third-order valence-electron chi connectivity index (χ3n) is 3.18. The fraction of sp³-hybridized carbons (Fsp3) is 0.250. The lowest BCUT2D eigenvalue weighted by Gasteiger charge is -2.16. The summed E-state index contributed by atoms with van der Waals surface area (Å²) in [6.07, 6.45) is 1.79. The minimum Gasteiger partial charge on any atom is -0.497 e. The van der Waals surface area contributed by atoms with Crippen molar-refractivity contribution in [3.05, 3.63) is 65.7 Å². The van der Waals surface area contributed by atoms with Crippen LogP contribution in [0.5, 0.6) is 5.75 Å². The molecule has 3 N–H and O–H groups in total. The van der Waals surface area contributed by atoms with Gasteiger partial charge in [0, 0.05) is 6.04 Å². The van der Waals surface area contributed by atoms with Crippen molar-refractivity contribution in [3.8, 4) is 5.75 Å². The number of nitrogens with two attached hydrogens (primary N) is 1. The fourth-order valence-corrected chi connectivity index (χ4v) is 2.17. The monoisotopic (exact) mass is 256 g/mol. The molecule has 0 heterocycles. The maximum Gasteiger partial charge on any atom is 0.119 e. The highest BCUT2D eigenvalue weighted by Crippen LogP contribution is 2.15. The van der Waals surface area contributed by atoms with E-state index in [1.54, 1.807) is 7.11 Å². The third-order valence-corrected chi connectivity index (χ3v) is 3.18. The summed E-state index contributed by atoms with van der Waals surface area (Å²) in [4.78, 5) is 0. The molecular formula is C16H20N2O. The lowest BCUT2D eigenvalue weighted by molar-refractivity contribution is 0.413. The summed E-state index contributed by atoms with van der Waals surface area (Å²) in [6, 6.07) is 18.7. The zero-order chi connectivity index (χ0) is 13.5. The first-order valence-corrected chi connectivity index (χ1v) is 6.45. The number of hydrazine groups is 1. The predicted octanol–water partition coefficient (Wildman–Crippen LogP) is 2.31. The van der Waals surface area contributed by atoms with Gasteiger partial charge in [-0.1, -0.05) is 42.5 Å². The number of rotatable bonds is 6. The Labute approximate surface area is 114 Å². The SMILES string of the molecule is COc1cccc(CC(Cc2ccccc2)NN)c1. The second kappa shape index (κ2) is 6.92. The van der Waals surface area contributed by atoms with Gasteiger partial charge in [0.15, 0.2) is 0 Å². The summed E-state index contributed by atoms with van der Waals surface area (Å²) >= 11 is 0. The fourth-order valence-electron chi connectivity index (χ4n) is 2.17.